The van der Waals surface area contributed by atoms with Gasteiger partial charge in [-0.2, -0.15) is 8.42 Å². The highest BCUT2D eigenvalue weighted by Gasteiger charge is 2.39. The molecule has 1 amide bonds. The molecule has 7 nitrogen and oxygen atoms in total. The number of aliphatic hydroxyl groups excluding tert-OH is 1. The van der Waals surface area contributed by atoms with Crippen molar-refractivity contribution in [3.8, 4) is 0 Å². The highest BCUT2D eigenvalue weighted by Crippen LogP contribution is 2.26. The van der Waals surface area contributed by atoms with Gasteiger partial charge in [-0.05, 0) is 46.2 Å². The first-order valence-corrected chi connectivity index (χ1v) is 9.53. The Balaban J connectivity index is 2.09. The minimum atomic E-state index is -3.94. The molecule has 2 rings (SSSR count). The Hall–Kier alpha value is -1.64. The van der Waals surface area contributed by atoms with Gasteiger partial charge in [0.2, 0.25) is 0 Å². The van der Waals surface area contributed by atoms with Crippen LogP contribution in [-0.4, -0.2) is 55.4 Å². The van der Waals surface area contributed by atoms with E-state index in [1.54, 1.807) is 32.9 Å². The van der Waals surface area contributed by atoms with E-state index in [-0.39, 0.29) is 24.5 Å². The van der Waals surface area contributed by atoms with Crippen LogP contribution in [0.1, 0.15) is 32.8 Å². The van der Waals surface area contributed by atoms with E-state index in [0.717, 1.165) is 5.56 Å². The SMILES string of the molecule is Cc1ccc(S(=O)(=O)O[C@H]2C[C@H](CO)N(C(=O)OC(C)(C)C)C2)cc1. The summed E-state index contributed by atoms with van der Waals surface area (Å²) in [4.78, 5) is 13.6. The molecular weight excluding hydrogens is 346 g/mol. The number of carbonyl (C=O) groups excluding carboxylic acids is 1. The van der Waals surface area contributed by atoms with Crippen molar-refractivity contribution in [3.63, 3.8) is 0 Å². The predicted octanol–water partition coefficient (Wildman–Crippen LogP) is 2.07. The number of hydrogen-bond donors (Lipinski definition) is 1. The summed E-state index contributed by atoms with van der Waals surface area (Å²) < 4.78 is 35.3. The minimum Gasteiger partial charge on any atom is -0.444 e. The molecule has 1 saturated heterocycles. The number of amides is 1. The van der Waals surface area contributed by atoms with Gasteiger partial charge in [-0.25, -0.2) is 4.79 Å². The van der Waals surface area contributed by atoms with E-state index in [4.69, 9.17) is 8.92 Å². The number of nitrogens with zero attached hydrogens (tertiary/aromatic N) is 1. The van der Waals surface area contributed by atoms with Gasteiger partial charge in [0.05, 0.1) is 30.2 Å². The third-order valence-electron chi connectivity index (χ3n) is 3.79. The van der Waals surface area contributed by atoms with Gasteiger partial charge in [-0.15, -0.1) is 0 Å². The molecule has 0 aromatic heterocycles. The highest BCUT2D eigenvalue weighted by molar-refractivity contribution is 7.86. The van der Waals surface area contributed by atoms with Crippen LogP contribution in [0.3, 0.4) is 0 Å². The van der Waals surface area contributed by atoms with Crippen LogP contribution in [0.25, 0.3) is 0 Å². The summed E-state index contributed by atoms with van der Waals surface area (Å²) in [6.45, 7) is 6.84. The number of aryl methyl sites for hydroxylation is 1. The second kappa shape index (κ2) is 7.31. The lowest BCUT2D eigenvalue weighted by Crippen LogP contribution is -2.41. The summed E-state index contributed by atoms with van der Waals surface area (Å²) in [5, 5.41) is 9.49. The second-order valence-electron chi connectivity index (χ2n) is 7.19. The van der Waals surface area contributed by atoms with Crippen molar-refractivity contribution in [2.24, 2.45) is 0 Å². The molecular formula is C17H25NO6S. The van der Waals surface area contributed by atoms with Crippen LogP contribution < -0.4 is 0 Å². The Morgan fingerprint density at radius 1 is 1.28 bits per heavy atom. The fourth-order valence-corrected chi connectivity index (χ4v) is 3.68. The second-order valence-corrected chi connectivity index (χ2v) is 8.76. The highest BCUT2D eigenvalue weighted by atomic mass is 32.2. The van der Waals surface area contributed by atoms with Crippen molar-refractivity contribution in [1.29, 1.82) is 0 Å². The molecule has 0 aliphatic carbocycles. The first-order valence-electron chi connectivity index (χ1n) is 8.12. The van der Waals surface area contributed by atoms with E-state index in [1.807, 2.05) is 6.92 Å². The number of carbonyl (C=O) groups is 1. The first-order chi connectivity index (χ1) is 11.5. The molecule has 8 heteroatoms. The maximum absolute atomic E-state index is 12.4. The monoisotopic (exact) mass is 371 g/mol. The van der Waals surface area contributed by atoms with Gasteiger partial charge in [-0.1, -0.05) is 17.7 Å². The van der Waals surface area contributed by atoms with E-state index in [0.29, 0.717) is 0 Å². The molecule has 25 heavy (non-hydrogen) atoms. The molecule has 2 atom stereocenters. The third-order valence-corrected chi connectivity index (χ3v) is 5.16. The van der Waals surface area contributed by atoms with E-state index in [1.165, 1.54) is 17.0 Å². The standard InChI is InChI=1S/C17H25NO6S/c1-12-5-7-15(8-6-12)25(21,22)24-14-9-13(11-19)18(10-14)16(20)23-17(2,3)4/h5-8,13-14,19H,9-11H2,1-4H3/t13-,14+/m1/s1. The first kappa shape index (κ1) is 19.7. The van der Waals surface area contributed by atoms with Gasteiger partial charge in [0.25, 0.3) is 10.1 Å². The van der Waals surface area contributed by atoms with Crippen LogP contribution in [0.2, 0.25) is 0 Å². The molecule has 1 fully saturated rings. The van der Waals surface area contributed by atoms with Crippen molar-refractivity contribution < 1.29 is 27.2 Å². The molecule has 0 radical (unpaired) electrons. The lowest BCUT2D eigenvalue weighted by Gasteiger charge is -2.27. The minimum absolute atomic E-state index is 0.0469. The number of hydrogen-bond acceptors (Lipinski definition) is 6. The van der Waals surface area contributed by atoms with Gasteiger partial charge in [0.15, 0.2) is 0 Å². The largest absolute Gasteiger partial charge is 0.444 e. The maximum Gasteiger partial charge on any atom is 0.410 e. The summed E-state index contributed by atoms with van der Waals surface area (Å²) in [7, 11) is -3.94. The molecule has 0 spiro atoms. The number of likely N-dealkylation sites (tertiary alicyclic amines) is 1. The molecule has 1 aliphatic rings. The van der Waals surface area contributed by atoms with Crippen LogP contribution >= 0.6 is 0 Å². The topological polar surface area (TPSA) is 93.1 Å². The average Bonchev–Trinajstić information content (AvgIpc) is 2.88. The molecule has 1 aliphatic heterocycles. The van der Waals surface area contributed by atoms with Crippen molar-refractivity contribution in [2.75, 3.05) is 13.2 Å². The molecule has 1 heterocycles. The summed E-state index contributed by atoms with van der Waals surface area (Å²) in [6, 6.07) is 5.81. The van der Waals surface area contributed by atoms with Gasteiger partial charge in [0.1, 0.15) is 5.60 Å². The molecule has 0 bridgehead atoms. The summed E-state index contributed by atoms with van der Waals surface area (Å²) in [5.41, 5.74) is 0.264. The van der Waals surface area contributed by atoms with Crippen molar-refractivity contribution in [3.05, 3.63) is 29.8 Å². The van der Waals surface area contributed by atoms with Crippen molar-refractivity contribution in [2.45, 2.75) is 56.8 Å². The lowest BCUT2D eigenvalue weighted by molar-refractivity contribution is 0.0166. The fraction of sp³-hybridized carbons (Fsp3) is 0.588. The van der Waals surface area contributed by atoms with Crippen LogP contribution in [0.4, 0.5) is 4.79 Å². The zero-order valence-electron chi connectivity index (χ0n) is 14.9. The van der Waals surface area contributed by atoms with Crippen molar-refractivity contribution >= 4 is 16.2 Å². The summed E-state index contributed by atoms with van der Waals surface area (Å²) in [5.74, 6) is 0. The Morgan fingerprint density at radius 3 is 2.40 bits per heavy atom. The molecule has 140 valence electrons. The summed E-state index contributed by atoms with van der Waals surface area (Å²) >= 11 is 0. The Morgan fingerprint density at radius 2 is 1.88 bits per heavy atom. The zero-order chi connectivity index (χ0) is 18.8. The van der Waals surface area contributed by atoms with E-state index in [9.17, 15) is 18.3 Å². The molecule has 0 saturated carbocycles. The molecule has 1 N–H and O–H groups in total. The molecule has 0 unspecified atom stereocenters. The number of rotatable bonds is 4. The number of ether oxygens (including phenoxy) is 1. The molecule has 1 aromatic rings. The smallest absolute Gasteiger partial charge is 0.410 e. The fourth-order valence-electron chi connectivity index (χ4n) is 2.60. The normalized spacial score (nSPS) is 21.4. The Kier molecular flexibility index (Phi) is 5.75. The predicted molar refractivity (Wildman–Crippen MR) is 91.7 cm³/mol. The van der Waals surface area contributed by atoms with Crippen LogP contribution in [0.15, 0.2) is 29.2 Å². The van der Waals surface area contributed by atoms with Gasteiger partial charge in [-0.3, -0.25) is 4.18 Å². The van der Waals surface area contributed by atoms with Crippen molar-refractivity contribution in [1.82, 2.24) is 4.90 Å². The number of benzene rings is 1. The van der Waals surface area contributed by atoms with E-state index >= 15 is 0 Å². The Labute approximate surface area is 148 Å². The van der Waals surface area contributed by atoms with Gasteiger partial charge in [0, 0.05) is 0 Å². The van der Waals surface area contributed by atoms with Crippen LogP contribution in [0.5, 0.6) is 0 Å². The maximum atomic E-state index is 12.4. The van der Waals surface area contributed by atoms with E-state index in [2.05, 4.69) is 0 Å². The van der Waals surface area contributed by atoms with E-state index < -0.39 is 34.0 Å². The summed E-state index contributed by atoms with van der Waals surface area (Å²) in [6.07, 6.45) is -1.10. The van der Waals surface area contributed by atoms with Gasteiger partial charge >= 0.3 is 6.09 Å². The number of aliphatic hydroxyl groups is 1. The van der Waals surface area contributed by atoms with Gasteiger partial charge < -0.3 is 14.7 Å². The quantitative estimate of drug-likeness (QED) is 0.815. The van der Waals surface area contributed by atoms with Crippen LogP contribution in [-0.2, 0) is 19.0 Å². The Bertz CT molecular complexity index is 708. The lowest BCUT2D eigenvalue weighted by atomic mass is 10.2. The molecule has 1 aromatic carbocycles. The average molecular weight is 371 g/mol. The third kappa shape index (κ3) is 5.17. The van der Waals surface area contributed by atoms with Crippen LogP contribution in [0, 0.1) is 6.92 Å². The zero-order valence-corrected chi connectivity index (χ0v) is 15.7.